The third-order valence-electron chi connectivity index (χ3n) is 6.04. The molecule has 2 fully saturated rings. The molecule has 5 rings (SSSR count). The van der Waals surface area contributed by atoms with Gasteiger partial charge in [-0.2, -0.15) is 0 Å². The highest BCUT2D eigenvalue weighted by atomic mass is 16.7. The fourth-order valence-corrected chi connectivity index (χ4v) is 4.66. The Kier molecular flexibility index (Phi) is 4.98. The number of aromatic nitrogens is 2. The van der Waals surface area contributed by atoms with E-state index in [9.17, 15) is 9.90 Å². The van der Waals surface area contributed by atoms with Crippen LogP contribution in [0.25, 0.3) is 11.3 Å². The Hall–Kier alpha value is -2.91. The van der Waals surface area contributed by atoms with Crippen molar-refractivity contribution in [2.24, 2.45) is 0 Å². The van der Waals surface area contributed by atoms with Crippen molar-refractivity contribution in [1.82, 2.24) is 10.2 Å². The molecule has 2 saturated heterocycles. The van der Waals surface area contributed by atoms with Crippen molar-refractivity contribution in [3.8, 4) is 17.0 Å². The zero-order valence-electron chi connectivity index (χ0n) is 18.6. The maximum absolute atomic E-state index is 13.1. The second-order valence-corrected chi connectivity index (χ2v) is 9.46. The van der Waals surface area contributed by atoms with Gasteiger partial charge >= 0.3 is 6.09 Å². The van der Waals surface area contributed by atoms with Crippen LogP contribution in [0.3, 0.4) is 0 Å². The van der Waals surface area contributed by atoms with Gasteiger partial charge in [-0.3, -0.25) is 4.90 Å². The number of rotatable bonds is 1. The first-order valence-electron chi connectivity index (χ1n) is 11.0. The van der Waals surface area contributed by atoms with E-state index in [2.05, 4.69) is 15.1 Å². The van der Waals surface area contributed by atoms with Crippen molar-refractivity contribution in [2.75, 3.05) is 36.1 Å². The van der Waals surface area contributed by atoms with Crippen LogP contribution >= 0.6 is 0 Å². The molecular formula is C23H28N4O5. The number of aromatic hydroxyl groups is 1. The molecule has 0 radical (unpaired) electrons. The number of nitrogens with zero attached hydrogens (tertiary/aromatic N) is 4. The summed E-state index contributed by atoms with van der Waals surface area (Å²) < 4.78 is 17.6. The first kappa shape index (κ1) is 21.0. The van der Waals surface area contributed by atoms with Crippen LogP contribution < -0.4 is 9.80 Å². The molecule has 32 heavy (non-hydrogen) atoms. The Morgan fingerprint density at radius 2 is 1.97 bits per heavy atom. The van der Waals surface area contributed by atoms with E-state index in [1.165, 1.54) is 0 Å². The number of amides is 1. The lowest BCUT2D eigenvalue weighted by Gasteiger charge is -2.49. The second-order valence-electron chi connectivity index (χ2n) is 9.46. The van der Waals surface area contributed by atoms with Crippen LogP contribution in [0.4, 0.5) is 16.3 Å². The molecule has 1 aromatic heterocycles. The molecule has 3 aliphatic rings. The summed E-state index contributed by atoms with van der Waals surface area (Å²) in [5, 5.41) is 19.0. The van der Waals surface area contributed by atoms with Crippen molar-refractivity contribution in [1.29, 1.82) is 0 Å². The number of carbonyl (C=O) groups is 1. The van der Waals surface area contributed by atoms with Gasteiger partial charge < -0.3 is 24.2 Å². The van der Waals surface area contributed by atoms with Gasteiger partial charge in [0, 0.05) is 24.9 Å². The maximum Gasteiger partial charge on any atom is 0.416 e. The molecule has 1 aromatic carbocycles. The van der Waals surface area contributed by atoms with Crippen LogP contribution in [0.5, 0.6) is 5.75 Å². The Labute approximate surface area is 186 Å². The van der Waals surface area contributed by atoms with E-state index < -0.39 is 17.5 Å². The highest BCUT2D eigenvalue weighted by molar-refractivity contribution is 5.93. The topological polar surface area (TPSA) is 97.3 Å². The minimum atomic E-state index is -0.636. The number of benzene rings is 1. The van der Waals surface area contributed by atoms with Crippen LogP contribution in [0.15, 0.2) is 30.3 Å². The Morgan fingerprint density at radius 1 is 1.22 bits per heavy atom. The first-order chi connectivity index (χ1) is 15.2. The third kappa shape index (κ3) is 3.75. The predicted molar refractivity (Wildman–Crippen MR) is 118 cm³/mol. The quantitative estimate of drug-likeness (QED) is 0.721. The van der Waals surface area contributed by atoms with E-state index in [-0.39, 0.29) is 11.8 Å². The average Bonchev–Trinajstić information content (AvgIpc) is 3.19. The molecule has 2 aromatic rings. The third-order valence-corrected chi connectivity index (χ3v) is 6.04. The van der Waals surface area contributed by atoms with Gasteiger partial charge in [0.2, 0.25) is 0 Å². The minimum Gasteiger partial charge on any atom is -0.507 e. The highest BCUT2D eigenvalue weighted by Gasteiger charge is 2.48. The SMILES string of the molecule is CC(C)(C)OC(=O)N1CC2CC3(CCN2c2cc(-c4ccccc4O)nnc21)OCCO3. The summed E-state index contributed by atoms with van der Waals surface area (Å²) in [5.74, 6) is -0.0125. The van der Waals surface area contributed by atoms with Crippen LogP contribution in [0.1, 0.15) is 33.6 Å². The Bertz CT molecular complexity index is 1030. The van der Waals surface area contributed by atoms with Crippen molar-refractivity contribution >= 4 is 17.6 Å². The summed E-state index contributed by atoms with van der Waals surface area (Å²) in [6.07, 6.45) is 0.903. The van der Waals surface area contributed by atoms with Crippen LogP contribution in [-0.2, 0) is 14.2 Å². The lowest BCUT2D eigenvalue weighted by atomic mass is 9.93. The maximum atomic E-state index is 13.1. The molecule has 3 aliphatic heterocycles. The van der Waals surface area contributed by atoms with E-state index in [1.54, 1.807) is 23.1 Å². The predicted octanol–water partition coefficient (Wildman–Crippen LogP) is 3.32. The molecule has 1 spiro atoms. The van der Waals surface area contributed by atoms with Crippen LogP contribution in [0, 0.1) is 0 Å². The summed E-state index contributed by atoms with van der Waals surface area (Å²) in [5.41, 5.74) is 1.28. The minimum absolute atomic E-state index is 0.0247. The Morgan fingerprint density at radius 3 is 2.69 bits per heavy atom. The molecule has 0 aliphatic carbocycles. The number of phenolic OH excluding ortho intramolecular Hbond substituents is 1. The number of anilines is 2. The lowest BCUT2D eigenvalue weighted by Crippen LogP contribution is -2.59. The summed E-state index contributed by atoms with van der Waals surface area (Å²) in [6, 6.07) is 8.87. The van der Waals surface area contributed by atoms with Crippen molar-refractivity contribution < 1.29 is 24.1 Å². The first-order valence-corrected chi connectivity index (χ1v) is 11.0. The van der Waals surface area contributed by atoms with E-state index >= 15 is 0 Å². The fraction of sp³-hybridized carbons (Fsp3) is 0.522. The lowest BCUT2D eigenvalue weighted by molar-refractivity contribution is -0.175. The number of para-hydroxylation sites is 1. The molecule has 9 heteroatoms. The van der Waals surface area contributed by atoms with E-state index in [0.29, 0.717) is 49.8 Å². The van der Waals surface area contributed by atoms with Gasteiger partial charge in [-0.15, -0.1) is 10.2 Å². The number of ether oxygens (including phenoxy) is 3. The fourth-order valence-electron chi connectivity index (χ4n) is 4.66. The van der Waals surface area contributed by atoms with E-state index in [1.807, 2.05) is 32.9 Å². The number of hydrogen-bond donors (Lipinski definition) is 1. The van der Waals surface area contributed by atoms with Crippen molar-refractivity contribution in [3.63, 3.8) is 0 Å². The van der Waals surface area contributed by atoms with Gasteiger partial charge in [-0.05, 0) is 39.0 Å². The monoisotopic (exact) mass is 440 g/mol. The molecule has 0 bridgehead atoms. The van der Waals surface area contributed by atoms with Gasteiger partial charge in [-0.1, -0.05) is 12.1 Å². The molecule has 0 saturated carbocycles. The molecule has 1 unspecified atom stereocenters. The number of piperidine rings is 1. The van der Waals surface area contributed by atoms with Gasteiger partial charge in [0.15, 0.2) is 11.6 Å². The van der Waals surface area contributed by atoms with Crippen LogP contribution in [-0.4, -0.2) is 65.1 Å². The smallest absolute Gasteiger partial charge is 0.416 e. The second kappa shape index (κ2) is 7.60. The molecule has 1 amide bonds. The molecule has 1 N–H and O–H groups in total. The van der Waals surface area contributed by atoms with Gasteiger partial charge in [0.1, 0.15) is 11.4 Å². The molecule has 170 valence electrons. The van der Waals surface area contributed by atoms with Crippen LogP contribution in [0.2, 0.25) is 0 Å². The van der Waals surface area contributed by atoms with E-state index in [4.69, 9.17) is 14.2 Å². The number of hydrogen-bond acceptors (Lipinski definition) is 8. The largest absolute Gasteiger partial charge is 0.507 e. The summed E-state index contributed by atoms with van der Waals surface area (Å²) in [7, 11) is 0. The number of carbonyl (C=O) groups excluding carboxylic acids is 1. The van der Waals surface area contributed by atoms with Gasteiger partial charge in [-0.25, -0.2) is 4.79 Å². The highest BCUT2D eigenvalue weighted by Crippen LogP contribution is 2.44. The normalized spacial score (nSPS) is 21.9. The summed E-state index contributed by atoms with van der Waals surface area (Å²) in [4.78, 5) is 16.9. The molecule has 4 heterocycles. The number of phenols is 1. The zero-order chi connectivity index (χ0) is 22.5. The molecule has 1 atom stereocenters. The molecule has 9 nitrogen and oxygen atoms in total. The van der Waals surface area contributed by atoms with Crippen molar-refractivity contribution in [3.05, 3.63) is 30.3 Å². The van der Waals surface area contributed by atoms with Gasteiger partial charge in [0.25, 0.3) is 0 Å². The number of fused-ring (bicyclic) bond motifs is 3. The summed E-state index contributed by atoms with van der Waals surface area (Å²) in [6.45, 7) is 7.79. The van der Waals surface area contributed by atoms with E-state index in [0.717, 1.165) is 12.1 Å². The van der Waals surface area contributed by atoms with Crippen molar-refractivity contribution in [2.45, 2.75) is 51.0 Å². The average molecular weight is 441 g/mol. The van der Waals surface area contributed by atoms with Gasteiger partial charge in [0.05, 0.1) is 37.2 Å². The standard InChI is InChI=1S/C23H28N4O5/c1-22(2,3)32-21(29)27-14-15-13-23(30-10-11-31-23)8-9-26(15)18-12-17(24-25-20(18)27)16-6-4-5-7-19(16)28/h4-7,12,15,28H,8-11,13-14H2,1-3H3. The Balaban J connectivity index is 1.55. The summed E-state index contributed by atoms with van der Waals surface area (Å²) >= 11 is 0. The molecular weight excluding hydrogens is 412 g/mol. The zero-order valence-corrected chi connectivity index (χ0v) is 18.6.